The van der Waals surface area contributed by atoms with Gasteiger partial charge >= 0.3 is 0 Å². The first-order chi connectivity index (χ1) is 6.38. The molecule has 0 atom stereocenters. The van der Waals surface area contributed by atoms with E-state index in [-0.39, 0.29) is 0 Å². The van der Waals surface area contributed by atoms with Crippen molar-refractivity contribution in [2.75, 3.05) is 13.7 Å². The topological polar surface area (TPSA) is 18.5 Å². The number of hydrogen-bond acceptors (Lipinski definition) is 2. The van der Waals surface area contributed by atoms with Crippen molar-refractivity contribution in [1.29, 1.82) is 0 Å². The molecule has 1 rings (SSSR count). The van der Waals surface area contributed by atoms with Crippen LogP contribution in [0.5, 0.6) is 0 Å². The van der Waals surface area contributed by atoms with E-state index in [1.165, 1.54) is 0 Å². The van der Waals surface area contributed by atoms with E-state index >= 15 is 0 Å². The average molecular weight is 180 g/mol. The highest BCUT2D eigenvalue weighted by Crippen LogP contribution is 2.16. The fourth-order valence-corrected chi connectivity index (χ4v) is 1.10. The minimum atomic E-state index is 0.743. The fourth-order valence-electron chi connectivity index (χ4n) is 1.10. The van der Waals surface area contributed by atoms with Gasteiger partial charge in [0.2, 0.25) is 0 Å². The van der Waals surface area contributed by atoms with Gasteiger partial charge in [-0.1, -0.05) is 19.1 Å². The third-order valence-electron chi connectivity index (χ3n) is 1.75. The number of hydrogen-bond donors (Lipinski definition) is 0. The van der Waals surface area contributed by atoms with Gasteiger partial charge in [-0.3, -0.25) is 0 Å². The van der Waals surface area contributed by atoms with E-state index in [1.54, 1.807) is 7.11 Å². The molecule has 0 heterocycles. The van der Waals surface area contributed by atoms with Gasteiger partial charge in [-0.25, -0.2) is 0 Å². The van der Waals surface area contributed by atoms with Crippen LogP contribution < -0.4 is 0 Å². The Morgan fingerprint density at radius 1 is 1.38 bits per heavy atom. The Bertz CT molecular complexity index is 236. The number of rotatable bonds is 4. The van der Waals surface area contributed by atoms with E-state index in [9.17, 15) is 0 Å². The molecular weight excluding hydrogens is 164 g/mol. The summed E-state index contributed by atoms with van der Waals surface area (Å²) < 4.78 is 10.7. The molecule has 0 aliphatic heterocycles. The molecule has 0 aromatic rings. The van der Waals surface area contributed by atoms with Crippen molar-refractivity contribution in [1.82, 2.24) is 0 Å². The Balaban J connectivity index is 2.63. The Morgan fingerprint density at radius 3 is 2.92 bits per heavy atom. The number of methoxy groups -OCH3 is 1. The molecule has 0 saturated heterocycles. The maximum atomic E-state index is 5.54. The zero-order valence-electron chi connectivity index (χ0n) is 8.25. The first-order valence-electron chi connectivity index (χ1n) is 4.62. The molecule has 0 aromatic carbocycles. The van der Waals surface area contributed by atoms with Crippen LogP contribution in [0.3, 0.4) is 0 Å². The largest absolute Gasteiger partial charge is 0.493 e. The lowest BCUT2D eigenvalue weighted by Crippen LogP contribution is -1.99. The molecule has 0 aromatic heterocycles. The molecule has 2 heteroatoms. The van der Waals surface area contributed by atoms with Gasteiger partial charge in [0.15, 0.2) is 11.5 Å². The predicted octanol–water partition coefficient (Wildman–Crippen LogP) is 2.79. The smallest absolute Gasteiger partial charge is 0.160 e. The molecule has 0 saturated carbocycles. The first kappa shape index (κ1) is 9.90. The van der Waals surface area contributed by atoms with E-state index in [0.717, 1.165) is 31.0 Å². The predicted molar refractivity (Wildman–Crippen MR) is 53.2 cm³/mol. The second kappa shape index (κ2) is 5.46. The van der Waals surface area contributed by atoms with Gasteiger partial charge in [-0.2, -0.15) is 0 Å². The Labute approximate surface area is 79.5 Å². The molecule has 0 amide bonds. The molecule has 0 bridgehead atoms. The van der Waals surface area contributed by atoms with Crippen LogP contribution in [0.1, 0.15) is 19.8 Å². The Morgan fingerprint density at radius 2 is 2.23 bits per heavy atom. The third-order valence-corrected chi connectivity index (χ3v) is 1.75. The van der Waals surface area contributed by atoms with Crippen LogP contribution in [0.25, 0.3) is 0 Å². The molecule has 1 aliphatic rings. The number of ether oxygens (including phenoxy) is 2. The second-order valence-corrected chi connectivity index (χ2v) is 2.82. The summed E-state index contributed by atoms with van der Waals surface area (Å²) in [4.78, 5) is 0. The summed E-state index contributed by atoms with van der Waals surface area (Å²) in [5.41, 5.74) is 0. The highest BCUT2D eigenvalue weighted by atomic mass is 16.5. The highest BCUT2D eigenvalue weighted by Gasteiger charge is 2.06. The third kappa shape index (κ3) is 2.98. The maximum absolute atomic E-state index is 5.54. The standard InChI is InChI=1S/C11H16O2/c1-3-9-13-11-8-6-4-5-7-10(11)12-2/h4-5,7-8H,3,6,9H2,1-2H3. The van der Waals surface area contributed by atoms with Crippen LogP contribution >= 0.6 is 0 Å². The number of allylic oxidation sites excluding steroid dienone is 4. The van der Waals surface area contributed by atoms with Crippen molar-refractivity contribution >= 4 is 0 Å². The lowest BCUT2D eigenvalue weighted by atomic mass is 10.3. The van der Waals surface area contributed by atoms with Crippen molar-refractivity contribution in [2.45, 2.75) is 19.8 Å². The van der Waals surface area contributed by atoms with Crippen molar-refractivity contribution in [3.8, 4) is 0 Å². The van der Waals surface area contributed by atoms with Crippen molar-refractivity contribution in [3.63, 3.8) is 0 Å². The summed E-state index contributed by atoms with van der Waals surface area (Å²) in [7, 11) is 1.66. The van der Waals surface area contributed by atoms with Gasteiger partial charge < -0.3 is 9.47 Å². The van der Waals surface area contributed by atoms with E-state index < -0.39 is 0 Å². The average Bonchev–Trinajstić information content (AvgIpc) is 2.39. The fraction of sp³-hybridized carbons (Fsp3) is 0.455. The molecular formula is C11H16O2. The van der Waals surface area contributed by atoms with Crippen LogP contribution in [-0.4, -0.2) is 13.7 Å². The van der Waals surface area contributed by atoms with Gasteiger partial charge in [0.1, 0.15) is 0 Å². The van der Waals surface area contributed by atoms with E-state index in [4.69, 9.17) is 9.47 Å². The zero-order valence-corrected chi connectivity index (χ0v) is 8.25. The van der Waals surface area contributed by atoms with Crippen LogP contribution in [0.2, 0.25) is 0 Å². The lowest BCUT2D eigenvalue weighted by molar-refractivity contribution is 0.176. The monoisotopic (exact) mass is 180 g/mol. The summed E-state index contributed by atoms with van der Waals surface area (Å²) in [6.45, 7) is 2.83. The maximum Gasteiger partial charge on any atom is 0.160 e. The zero-order chi connectivity index (χ0) is 9.52. The molecule has 13 heavy (non-hydrogen) atoms. The normalized spacial score (nSPS) is 15.8. The Kier molecular flexibility index (Phi) is 4.16. The summed E-state index contributed by atoms with van der Waals surface area (Å²) >= 11 is 0. The molecule has 0 radical (unpaired) electrons. The van der Waals surface area contributed by atoms with Gasteiger partial charge in [0.05, 0.1) is 13.7 Å². The summed E-state index contributed by atoms with van der Waals surface area (Å²) in [6.07, 6.45) is 9.94. The second-order valence-electron chi connectivity index (χ2n) is 2.82. The van der Waals surface area contributed by atoms with E-state index in [1.807, 2.05) is 18.2 Å². The van der Waals surface area contributed by atoms with E-state index in [2.05, 4.69) is 13.0 Å². The molecule has 0 fully saturated rings. The molecule has 0 N–H and O–H groups in total. The van der Waals surface area contributed by atoms with Crippen LogP contribution in [0.15, 0.2) is 35.8 Å². The SMILES string of the molecule is CCCOC1=CCC=CC=C1OC. The Hall–Kier alpha value is -1.18. The van der Waals surface area contributed by atoms with Gasteiger partial charge in [-0.15, -0.1) is 0 Å². The molecule has 72 valence electrons. The van der Waals surface area contributed by atoms with Gasteiger partial charge in [0.25, 0.3) is 0 Å². The summed E-state index contributed by atoms with van der Waals surface area (Å²) in [6, 6.07) is 0. The van der Waals surface area contributed by atoms with Crippen molar-refractivity contribution in [2.24, 2.45) is 0 Å². The minimum absolute atomic E-state index is 0.743. The molecule has 2 nitrogen and oxygen atoms in total. The quantitative estimate of drug-likeness (QED) is 0.662. The first-order valence-corrected chi connectivity index (χ1v) is 4.62. The van der Waals surface area contributed by atoms with Crippen molar-refractivity contribution < 1.29 is 9.47 Å². The van der Waals surface area contributed by atoms with Crippen LogP contribution in [0, 0.1) is 0 Å². The molecule has 0 spiro atoms. The lowest BCUT2D eigenvalue weighted by Gasteiger charge is -2.10. The molecule has 1 aliphatic carbocycles. The van der Waals surface area contributed by atoms with Gasteiger partial charge in [-0.05, 0) is 25.0 Å². The molecule has 0 unspecified atom stereocenters. The van der Waals surface area contributed by atoms with Crippen LogP contribution in [-0.2, 0) is 9.47 Å². The highest BCUT2D eigenvalue weighted by molar-refractivity contribution is 5.28. The summed E-state index contributed by atoms with van der Waals surface area (Å²) in [5.74, 6) is 1.66. The van der Waals surface area contributed by atoms with Gasteiger partial charge in [0, 0.05) is 0 Å². The van der Waals surface area contributed by atoms with E-state index in [0.29, 0.717) is 0 Å². The van der Waals surface area contributed by atoms with Crippen LogP contribution in [0.4, 0.5) is 0 Å². The summed E-state index contributed by atoms with van der Waals surface area (Å²) in [5, 5.41) is 0. The van der Waals surface area contributed by atoms with Crippen molar-refractivity contribution in [3.05, 3.63) is 35.8 Å². The minimum Gasteiger partial charge on any atom is -0.493 e.